The third-order valence-electron chi connectivity index (χ3n) is 6.86. The Morgan fingerprint density at radius 3 is 2.45 bits per heavy atom. The van der Waals surface area contributed by atoms with Gasteiger partial charge in [0.2, 0.25) is 0 Å². The van der Waals surface area contributed by atoms with Crippen molar-refractivity contribution in [2.45, 2.75) is 6.85 Å². The maximum Gasteiger partial charge on any atom is 0.136 e. The number of para-hydroxylation sites is 2. The van der Waals surface area contributed by atoms with Gasteiger partial charge in [0.1, 0.15) is 11.2 Å². The highest BCUT2D eigenvalue weighted by Gasteiger charge is 2.22. The Balaban J connectivity index is 1.50. The van der Waals surface area contributed by atoms with Gasteiger partial charge < -0.3 is 8.82 Å². The molecule has 0 spiro atoms. The largest absolute Gasteiger partial charge is 0.456 e. The van der Waals surface area contributed by atoms with Gasteiger partial charge in [-0.05, 0) is 48.8 Å². The van der Waals surface area contributed by atoms with Crippen molar-refractivity contribution < 1.29 is 8.53 Å². The Labute approximate surface area is 193 Å². The highest BCUT2D eigenvalue weighted by molar-refractivity contribution is 6.34. The standard InChI is InChI=1S/C30H18N2O/c1-17-10-12-23(31-16-17)18-11-13-25-21(14-18)22-15-27-28(20-7-3-5-9-26(20)33-27)29-19-6-2-4-8-24(19)32(25)30(22)29/h2-16H,1H3/i1D3. The maximum atomic E-state index is 7.62. The summed E-state index contributed by atoms with van der Waals surface area (Å²) in [4.78, 5) is 4.47. The number of aromatic nitrogens is 2. The van der Waals surface area contributed by atoms with E-state index < -0.39 is 6.85 Å². The van der Waals surface area contributed by atoms with Crippen molar-refractivity contribution in [3.63, 3.8) is 0 Å². The van der Waals surface area contributed by atoms with Crippen molar-refractivity contribution in [1.82, 2.24) is 9.38 Å². The van der Waals surface area contributed by atoms with E-state index in [2.05, 4.69) is 70.0 Å². The number of hydrogen-bond donors (Lipinski definition) is 0. The molecule has 4 aromatic carbocycles. The van der Waals surface area contributed by atoms with E-state index in [1.54, 1.807) is 12.1 Å². The fourth-order valence-corrected chi connectivity index (χ4v) is 5.50. The molecule has 0 atom stereocenters. The minimum absolute atomic E-state index is 0.242. The van der Waals surface area contributed by atoms with Crippen LogP contribution in [0.25, 0.3) is 71.3 Å². The molecule has 0 aliphatic heterocycles. The predicted molar refractivity (Wildman–Crippen MR) is 136 cm³/mol. The molecule has 0 N–H and O–H groups in total. The Hall–Kier alpha value is -4.37. The highest BCUT2D eigenvalue weighted by atomic mass is 16.3. The molecule has 0 saturated carbocycles. The summed E-state index contributed by atoms with van der Waals surface area (Å²) in [5.41, 5.74) is 7.16. The van der Waals surface area contributed by atoms with Crippen LogP contribution < -0.4 is 0 Å². The molecule has 0 radical (unpaired) electrons. The van der Waals surface area contributed by atoms with Crippen molar-refractivity contribution >= 4 is 60.0 Å². The molecule has 4 aromatic heterocycles. The third kappa shape index (κ3) is 2.12. The van der Waals surface area contributed by atoms with Crippen LogP contribution in [0.3, 0.4) is 0 Å². The molecule has 0 aliphatic rings. The van der Waals surface area contributed by atoms with Crippen LogP contribution in [0.4, 0.5) is 0 Å². The molecule has 3 heteroatoms. The number of rotatable bonds is 1. The molecular formula is C30H18N2O. The van der Waals surface area contributed by atoms with E-state index in [9.17, 15) is 0 Å². The fourth-order valence-electron chi connectivity index (χ4n) is 5.50. The topological polar surface area (TPSA) is 30.4 Å². The number of benzene rings is 4. The minimum Gasteiger partial charge on any atom is -0.456 e. The second kappa shape index (κ2) is 5.90. The number of hydrogen-bond acceptors (Lipinski definition) is 2. The zero-order valence-electron chi connectivity index (χ0n) is 20.5. The van der Waals surface area contributed by atoms with Gasteiger partial charge in [-0.1, -0.05) is 48.5 Å². The average molecular weight is 426 g/mol. The summed E-state index contributed by atoms with van der Waals surface area (Å²) in [5, 5.41) is 6.93. The van der Waals surface area contributed by atoms with Crippen LogP contribution >= 0.6 is 0 Å². The van der Waals surface area contributed by atoms with E-state index >= 15 is 0 Å². The molecule has 0 amide bonds. The SMILES string of the molecule is [2H]C([2H])([2H])c1ccc(-c2ccc3c(c2)c2cc4oc5ccccc5c4c4c5ccccc5n3c24)nc1. The first-order valence-electron chi connectivity index (χ1n) is 12.5. The van der Waals surface area contributed by atoms with Gasteiger partial charge in [0, 0.05) is 48.2 Å². The smallest absolute Gasteiger partial charge is 0.136 e. The molecule has 154 valence electrons. The zero-order chi connectivity index (χ0) is 24.2. The number of nitrogens with zero attached hydrogens (tertiary/aromatic N) is 2. The molecule has 33 heavy (non-hydrogen) atoms. The quantitative estimate of drug-likeness (QED) is 0.266. The second-order valence-corrected chi connectivity index (χ2v) is 8.64. The van der Waals surface area contributed by atoms with Crippen LogP contribution in [0.2, 0.25) is 0 Å². The summed E-state index contributed by atoms with van der Waals surface area (Å²) in [5.74, 6) is 0. The Kier molecular flexibility index (Phi) is 2.62. The van der Waals surface area contributed by atoms with Crippen molar-refractivity contribution in [3.8, 4) is 11.3 Å². The van der Waals surface area contributed by atoms with Gasteiger partial charge in [-0.25, -0.2) is 0 Å². The van der Waals surface area contributed by atoms with E-state index in [1.165, 1.54) is 22.5 Å². The van der Waals surface area contributed by atoms with E-state index in [-0.39, 0.29) is 5.56 Å². The van der Waals surface area contributed by atoms with Gasteiger partial charge >= 0.3 is 0 Å². The summed E-state index contributed by atoms with van der Waals surface area (Å²) in [6, 6.07) is 28.7. The normalized spacial score (nSPS) is 14.1. The summed E-state index contributed by atoms with van der Waals surface area (Å²) in [7, 11) is 0. The van der Waals surface area contributed by atoms with E-state index in [4.69, 9.17) is 8.53 Å². The van der Waals surface area contributed by atoms with Crippen LogP contribution in [0.1, 0.15) is 9.68 Å². The number of aryl methyl sites for hydroxylation is 1. The summed E-state index contributed by atoms with van der Waals surface area (Å²) >= 11 is 0. The van der Waals surface area contributed by atoms with Crippen LogP contribution in [0, 0.1) is 6.85 Å². The van der Waals surface area contributed by atoms with Gasteiger partial charge in [0.15, 0.2) is 0 Å². The lowest BCUT2D eigenvalue weighted by molar-refractivity contribution is 0.669. The Morgan fingerprint density at radius 1 is 0.727 bits per heavy atom. The molecule has 0 bridgehead atoms. The number of furan rings is 1. The first-order chi connectivity index (χ1) is 17.5. The van der Waals surface area contributed by atoms with Crippen LogP contribution in [0.15, 0.2) is 95.5 Å². The first kappa shape index (κ1) is 14.6. The van der Waals surface area contributed by atoms with Crippen LogP contribution in [-0.4, -0.2) is 9.38 Å². The summed E-state index contributed by atoms with van der Waals surface area (Å²) in [6.07, 6.45) is 1.45. The molecule has 4 heterocycles. The molecular weight excluding hydrogens is 404 g/mol. The van der Waals surface area contributed by atoms with E-state index in [1.807, 2.05) is 12.1 Å². The summed E-state index contributed by atoms with van der Waals surface area (Å²) < 4.78 is 31.6. The van der Waals surface area contributed by atoms with Crippen LogP contribution in [-0.2, 0) is 0 Å². The summed E-state index contributed by atoms with van der Waals surface area (Å²) in [6.45, 7) is -2.17. The predicted octanol–water partition coefficient (Wildman–Crippen LogP) is 8.11. The van der Waals surface area contributed by atoms with Gasteiger partial charge in [-0.2, -0.15) is 0 Å². The highest BCUT2D eigenvalue weighted by Crippen LogP contribution is 2.46. The van der Waals surface area contributed by atoms with Gasteiger partial charge in [-0.15, -0.1) is 0 Å². The monoisotopic (exact) mass is 425 g/mol. The Morgan fingerprint density at radius 2 is 1.58 bits per heavy atom. The maximum absolute atomic E-state index is 7.62. The first-order valence-corrected chi connectivity index (χ1v) is 11.0. The lowest BCUT2D eigenvalue weighted by atomic mass is 10.0. The van der Waals surface area contributed by atoms with E-state index in [0.29, 0.717) is 0 Å². The van der Waals surface area contributed by atoms with Crippen molar-refractivity contribution in [3.05, 3.63) is 96.7 Å². The van der Waals surface area contributed by atoms with E-state index in [0.717, 1.165) is 55.0 Å². The van der Waals surface area contributed by atoms with Crippen molar-refractivity contribution in [2.75, 3.05) is 0 Å². The zero-order valence-corrected chi connectivity index (χ0v) is 17.5. The third-order valence-corrected chi connectivity index (χ3v) is 6.86. The minimum atomic E-state index is -2.17. The fraction of sp³-hybridized carbons (Fsp3) is 0.0333. The van der Waals surface area contributed by atoms with Crippen LogP contribution in [0.5, 0.6) is 0 Å². The van der Waals surface area contributed by atoms with Gasteiger partial charge in [0.05, 0.1) is 22.2 Å². The molecule has 0 unspecified atom stereocenters. The van der Waals surface area contributed by atoms with Crippen molar-refractivity contribution in [2.24, 2.45) is 0 Å². The molecule has 8 aromatic rings. The number of pyridine rings is 1. The molecule has 0 fully saturated rings. The van der Waals surface area contributed by atoms with Crippen molar-refractivity contribution in [1.29, 1.82) is 0 Å². The number of fused-ring (bicyclic) bond motifs is 10. The second-order valence-electron chi connectivity index (χ2n) is 8.64. The molecule has 3 nitrogen and oxygen atoms in total. The average Bonchev–Trinajstić information content (AvgIpc) is 3.53. The van der Waals surface area contributed by atoms with Gasteiger partial charge in [-0.3, -0.25) is 4.98 Å². The molecule has 0 aliphatic carbocycles. The van der Waals surface area contributed by atoms with Gasteiger partial charge in [0.25, 0.3) is 0 Å². The molecule has 8 rings (SSSR count). The molecule has 0 saturated heterocycles. The Bertz CT molecular complexity index is 2130. The lowest BCUT2D eigenvalue weighted by Gasteiger charge is -2.03. The lowest BCUT2D eigenvalue weighted by Crippen LogP contribution is -1.85.